The summed E-state index contributed by atoms with van der Waals surface area (Å²) in [5.74, 6) is 0. The first-order valence-corrected chi connectivity index (χ1v) is 8.83. The van der Waals surface area contributed by atoms with Gasteiger partial charge in [0, 0.05) is 24.7 Å². The van der Waals surface area contributed by atoms with E-state index >= 15 is 0 Å². The van der Waals surface area contributed by atoms with Crippen LogP contribution in [0.25, 0.3) is 10.9 Å². The molecule has 118 valence electrons. The average molecular weight is 320 g/mol. The summed E-state index contributed by atoms with van der Waals surface area (Å²) in [6.07, 6.45) is 1.48. The van der Waals surface area contributed by atoms with Crippen LogP contribution in [0.15, 0.2) is 35.4 Å². The van der Waals surface area contributed by atoms with Crippen LogP contribution >= 0.6 is 0 Å². The predicted molar refractivity (Wildman–Crippen MR) is 85.2 cm³/mol. The summed E-state index contributed by atoms with van der Waals surface area (Å²) < 4.78 is 33.1. The third-order valence-electron chi connectivity index (χ3n) is 3.81. The Labute approximate surface area is 131 Å². The Morgan fingerprint density at radius 1 is 1.23 bits per heavy atom. The van der Waals surface area contributed by atoms with Gasteiger partial charge >= 0.3 is 0 Å². The summed E-state index contributed by atoms with van der Waals surface area (Å²) in [6, 6.07) is 7.24. The molecule has 2 aromatic rings. The fourth-order valence-electron chi connectivity index (χ4n) is 2.92. The van der Waals surface area contributed by atoms with Crippen molar-refractivity contribution in [2.24, 2.45) is 0 Å². The number of benzene rings is 1. The second kappa shape index (κ2) is 5.61. The molecule has 0 saturated carbocycles. The molecule has 2 atom stereocenters. The number of aromatic nitrogens is 1. The third kappa shape index (κ3) is 2.74. The van der Waals surface area contributed by atoms with Gasteiger partial charge in [0.15, 0.2) is 0 Å². The van der Waals surface area contributed by atoms with Crippen LogP contribution in [0.3, 0.4) is 0 Å². The van der Waals surface area contributed by atoms with E-state index in [-0.39, 0.29) is 17.1 Å². The minimum Gasteiger partial charge on any atom is -0.373 e. The zero-order chi connectivity index (χ0) is 15.9. The molecule has 0 spiro atoms. The number of ether oxygens (including phenoxy) is 1. The molecule has 1 fully saturated rings. The van der Waals surface area contributed by atoms with Crippen molar-refractivity contribution >= 4 is 20.9 Å². The van der Waals surface area contributed by atoms with E-state index in [4.69, 9.17) is 4.74 Å². The summed E-state index contributed by atoms with van der Waals surface area (Å²) in [7, 11) is -3.58. The second-order valence-electron chi connectivity index (χ2n) is 5.92. The van der Waals surface area contributed by atoms with Crippen LogP contribution in [-0.2, 0) is 14.8 Å². The number of fused-ring (bicyclic) bond motifs is 1. The van der Waals surface area contributed by atoms with E-state index in [1.165, 1.54) is 4.31 Å². The van der Waals surface area contributed by atoms with Gasteiger partial charge in [-0.15, -0.1) is 0 Å². The van der Waals surface area contributed by atoms with Crippen molar-refractivity contribution in [1.29, 1.82) is 0 Å². The number of sulfonamides is 1. The molecule has 0 unspecified atom stereocenters. The highest BCUT2D eigenvalue weighted by Crippen LogP contribution is 2.26. The van der Waals surface area contributed by atoms with E-state index in [0.29, 0.717) is 18.6 Å². The van der Waals surface area contributed by atoms with Gasteiger partial charge < -0.3 is 4.74 Å². The smallest absolute Gasteiger partial charge is 0.245 e. The summed E-state index contributed by atoms with van der Waals surface area (Å²) in [4.78, 5) is 4.61. The molecule has 6 heteroatoms. The normalized spacial score (nSPS) is 23.8. The van der Waals surface area contributed by atoms with Crippen LogP contribution in [0.5, 0.6) is 0 Å². The van der Waals surface area contributed by atoms with E-state index in [2.05, 4.69) is 4.98 Å². The standard InChI is InChI=1S/C16H20N2O3S/c1-11-7-14-5-4-6-15(16(14)17-8-11)22(19,20)18-9-12(2)21-13(3)10-18/h4-8,12-13H,9-10H2,1-3H3/t12-,13-/m0/s1. The van der Waals surface area contributed by atoms with Crippen molar-refractivity contribution in [3.63, 3.8) is 0 Å². The van der Waals surface area contributed by atoms with Crippen LogP contribution < -0.4 is 0 Å². The first kappa shape index (κ1) is 15.4. The molecule has 22 heavy (non-hydrogen) atoms. The largest absolute Gasteiger partial charge is 0.373 e. The number of pyridine rings is 1. The molecule has 0 bridgehead atoms. The summed E-state index contributed by atoms with van der Waals surface area (Å²) in [5, 5.41) is 0.843. The molecule has 1 saturated heterocycles. The highest BCUT2D eigenvalue weighted by Gasteiger charge is 2.33. The van der Waals surface area contributed by atoms with Crippen LogP contribution in [0.2, 0.25) is 0 Å². The van der Waals surface area contributed by atoms with Crippen molar-refractivity contribution in [3.8, 4) is 0 Å². The van der Waals surface area contributed by atoms with Crippen molar-refractivity contribution in [3.05, 3.63) is 36.0 Å². The first-order chi connectivity index (χ1) is 10.4. The molecule has 0 aliphatic carbocycles. The fraction of sp³-hybridized carbons (Fsp3) is 0.438. The highest BCUT2D eigenvalue weighted by molar-refractivity contribution is 7.89. The SMILES string of the molecule is Cc1cnc2c(S(=O)(=O)N3C[C@H](C)O[C@@H](C)C3)cccc2c1. The number of rotatable bonds is 2. The van der Waals surface area contributed by atoms with Crippen LogP contribution in [0, 0.1) is 6.92 Å². The molecule has 1 aliphatic heterocycles. The molecule has 0 amide bonds. The topological polar surface area (TPSA) is 59.5 Å². The zero-order valence-corrected chi connectivity index (χ0v) is 13.8. The summed E-state index contributed by atoms with van der Waals surface area (Å²) >= 11 is 0. The molecule has 5 nitrogen and oxygen atoms in total. The Hall–Kier alpha value is -1.50. The van der Waals surface area contributed by atoms with Gasteiger partial charge in [-0.3, -0.25) is 4.98 Å². The van der Waals surface area contributed by atoms with Gasteiger partial charge in [-0.05, 0) is 38.5 Å². The summed E-state index contributed by atoms with van der Waals surface area (Å²) in [6.45, 7) is 6.47. The Morgan fingerprint density at radius 3 is 2.59 bits per heavy atom. The van der Waals surface area contributed by atoms with Crippen molar-refractivity contribution in [2.45, 2.75) is 37.9 Å². The van der Waals surface area contributed by atoms with Gasteiger partial charge in [-0.2, -0.15) is 4.31 Å². The molecular formula is C16H20N2O3S. The Kier molecular flexibility index (Phi) is 3.92. The first-order valence-electron chi connectivity index (χ1n) is 7.39. The molecule has 0 N–H and O–H groups in total. The number of morpholine rings is 1. The van der Waals surface area contributed by atoms with Crippen molar-refractivity contribution < 1.29 is 13.2 Å². The predicted octanol–water partition coefficient (Wildman–Crippen LogP) is 2.34. The molecule has 1 aromatic heterocycles. The van der Waals surface area contributed by atoms with Crippen LogP contribution in [-0.4, -0.2) is 43.0 Å². The Bertz CT molecular complexity index is 794. The number of nitrogens with zero attached hydrogens (tertiary/aromatic N) is 2. The lowest BCUT2D eigenvalue weighted by Crippen LogP contribution is -2.48. The zero-order valence-electron chi connectivity index (χ0n) is 13.0. The minimum absolute atomic E-state index is 0.108. The Morgan fingerprint density at radius 2 is 1.91 bits per heavy atom. The minimum atomic E-state index is -3.58. The molecule has 1 aromatic carbocycles. The van der Waals surface area contributed by atoms with E-state index < -0.39 is 10.0 Å². The lowest BCUT2D eigenvalue weighted by atomic mass is 10.2. The van der Waals surface area contributed by atoms with Crippen LogP contribution in [0.4, 0.5) is 0 Å². The number of aryl methyl sites for hydroxylation is 1. The highest BCUT2D eigenvalue weighted by atomic mass is 32.2. The number of para-hydroxylation sites is 1. The lowest BCUT2D eigenvalue weighted by molar-refractivity contribution is -0.0440. The quantitative estimate of drug-likeness (QED) is 0.852. The van der Waals surface area contributed by atoms with Gasteiger partial charge in [0.2, 0.25) is 10.0 Å². The van der Waals surface area contributed by atoms with Gasteiger partial charge in [-0.1, -0.05) is 12.1 Å². The van der Waals surface area contributed by atoms with E-state index in [0.717, 1.165) is 10.9 Å². The molecule has 0 radical (unpaired) electrons. The fourth-order valence-corrected chi connectivity index (χ4v) is 4.67. The molecule has 2 heterocycles. The maximum absolute atomic E-state index is 13.0. The van der Waals surface area contributed by atoms with E-state index in [9.17, 15) is 8.42 Å². The van der Waals surface area contributed by atoms with E-state index in [1.807, 2.05) is 32.9 Å². The second-order valence-corrected chi connectivity index (χ2v) is 7.83. The van der Waals surface area contributed by atoms with Gasteiger partial charge in [0.1, 0.15) is 4.90 Å². The van der Waals surface area contributed by atoms with E-state index in [1.54, 1.807) is 18.3 Å². The molecule has 1 aliphatic rings. The lowest BCUT2D eigenvalue weighted by Gasteiger charge is -2.34. The molecular weight excluding hydrogens is 300 g/mol. The third-order valence-corrected chi connectivity index (χ3v) is 5.68. The van der Waals surface area contributed by atoms with Crippen LogP contribution in [0.1, 0.15) is 19.4 Å². The maximum Gasteiger partial charge on any atom is 0.245 e. The molecule has 3 rings (SSSR count). The van der Waals surface area contributed by atoms with Gasteiger partial charge in [0.25, 0.3) is 0 Å². The summed E-state index contributed by atoms with van der Waals surface area (Å²) in [5.41, 5.74) is 1.54. The Balaban J connectivity index is 2.09. The number of hydrogen-bond donors (Lipinski definition) is 0. The van der Waals surface area contributed by atoms with Gasteiger partial charge in [-0.25, -0.2) is 8.42 Å². The monoisotopic (exact) mass is 320 g/mol. The van der Waals surface area contributed by atoms with Gasteiger partial charge in [0.05, 0.1) is 17.7 Å². The average Bonchev–Trinajstić information content (AvgIpc) is 2.45. The maximum atomic E-state index is 13.0. The van der Waals surface area contributed by atoms with Crippen molar-refractivity contribution in [2.75, 3.05) is 13.1 Å². The van der Waals surface area contributed by atoms with Crippen molar-refractivity contribution in [1.82, 2.24) is 9.29 Å². The number of hydrogen-bond acceptors (Lipinski definition) is 4.